The Morgan fingerprint density at radius 2 is 2.07 bits per heavy atom. The molecule has 0 radical (unpaired) electrons. The second-order valence-electron chi connectivity index (χ2n) is 7.13. The molecule has 172 valence electrons. The summed E-state index contributed by atoms with van der Waals surface area (Å²) >= 11 is 0. The number of rotatable bonds is 10. The molecule has 0 aromatic heterocycles. The highest BCUT2D eigenvalue weighted by Gasteiger charge is 2.31. The topological polar surface area (TPSA) is 92.3 Å². The average Bonchev–Trinajstić information content (AvgIpc) is 3.16. The Morgan fingerprint density at radius 1 is 1.30 bits per heavy atom. The Balaban J connectivity index is 0.00000450. The Bertz CT molecular complexity index is 789. The fraction of sp³-hybridized carbons (Fsp3) is 0.650. The Hall–Kier alpha value is -1.11. The molecule has 1 saturated heterocycles. The van der Waals surface area contributed by atoms with Crippen LogP contribution in [0.3, 0.4) is 0 Å². The normalized spacial score (nSPS) is 17.5. The van der Waals surface area contributed by atoms with E-state index in [2.05, 4.69) is 15.6 Å². The summed E-state index contributed by atoms with van der Waals surface area (Å²) in [5.41, 5.74) is 2.15. The van der Waals surface area contributed by atoms with Gasteiger partial charge in [0.25, 0.3) is 0 Å². The zero-order valence-corrected chi connectivity index (χ0v) is 21.5. The minimum absolute atomic E-state index is 0. The summed E-state index contributed by atoms with van der Waals surface area (Å²) < 4.78 is 36.6. The van der Waals surface area contributed by atoms with E-state index in [0.717, 1.165) is 29.7 Å². The predicted octanol–water partition coefficient (Wildman–Crippen LogP) is 2.12. The van der Waals surface area contributed by atoms with Crippen molar-refractivity contribution in [2.45, 2.75) is 39.3 Å². The van der Waals surface area contributed by atoms with Crippen molar-refractivity contribution in [1.82, 2.24) is 14.9 Å². The van der Waals surface area contributed by atoms with E-state index in [1.807, 2.05) is 32.0 Å². The lowest BCUT2D eigenvalue weighted by Gasteiger charge is -2.23. The third-order valence-electron chi connectivity index (χ3n) is 4.84. The molecule has 30 heavy (non-hydrogen) atoms. The van der Waals surface area contributed by atoms with Gasteiger partial charge in [-0.15, -0.1) is 24.0 Å². The lowest BCUT2D eigenvalue weighted by Crippen LogP contribution is -2.46. The highest BCUT2D eigenvalue weighted by Crippen LogP contribution is 2.21. The van der Waals surface area contributed by atoms with Gasteiger partial charge in [0.1, 0.15) is 12.4 Å². The molecule has 1 atom stereocenters. The lowest BCUT2D eigenvalue weighted by atomic mass is 10.1. The molecule has 0 amide bonds. The summed E-state index contributed by atoms with van der Waals surface area (Å²) in [4.78, 5) is 4.25. The zero-order chi connectivity index (χ0) is 21.3. The molecule has 0 aliphatic carbocycles. The van der Waals surface area contributed by atoms with Crippen LogP contribution in [-0.4, -0.2) is 70.9 Å². The Morgan fingerprint density at radius 3 is 2.73 bits per heavy atom. The van der Waals surface area contributed by atoms with Crippen molar-refractivity contribution < 1.29 is 17.9 Å². The molecular weight excluding hydrogens is 519 g/mol. The van der Waals surface area contributed by atoms with Crippen molar-refractivity contribution >= 4 is 40.0 Å². The van der Waals surface area contributed by atoms with Crippen molar-refractivity contribution in [2.75, 3.05) is 46.2 Å². The van der Waals surface area contributed by atoms with Gasteiger partial charge < -0.3 is 20.1 Å². The number of sulfonamides is 1. The Labute approximate surface area is 197 Å². The van der Waals surface area contributed by atoms with Crippen LogP contribution in [-0.2, 0) is 21.3 Å². The third kappa shape index (κ3) is 8.56. The van der Waals surface area contributed by atoms with E-state index < -0.39 is 10.0 Å². The van der Waals surface area contributed by atoms with Crippen molar-refractivity contribution in [3.8, 4) is 5.75 Å². The summed E-state index contributed by atoms with van der Waals surface area (Å²) in [7, 11) is -1.48. The summed E-state index contributed by atoms with van der Waals surface area (Å²) in [6.07, 6.45) is 3.01. The van der Waals surface area contributed by atoms with Crippen LogP contribution in [0.4, 0.5) is 0 Å². The van der Waals surface area contributed by atoms with Crippen LogP contribution in [0.25, 0.3) is 0 Å². The van der Waals surface area contributed by atoms with Gasteiger partial charge in [0.05, 0.1) is 12.9 Å². The first kappa shape index (κ1) is 26.9. The summed E-state index contributed by atoms with van der Waals surface area (Å²) in [5.74, 6) is 1.46. The van der Waals surface area contributed by atoms with Gasteiger partial charge in [0.15, 0.2) is 5.96 Å². The second kappa shape index (κ2) is 13.3. The second-order valence-corrected chi connectivity index (χ2v) is 9.07. The number of ether oxygens (including phenoxy) is 2. The van der Waals surface area contributed by atoms with Crippen molar-refractivity contribution in [2.24, 2.45) is 4.99 Å². The largest absolute Gasteiger partial charge is 0.491 e. The first-order valence-electron chi connectivity index (χ1n) is 10.1. The van der Waals surface area contributed by atoms with Crippen LogP contribution >= 0.6 is 24.0 Å². The number of guanidine groups is 1. The molecule has 1 aromatic rings. The molecule has 1 fully saturated rings. The van der Waals surface area contributed by atoms with E-state index in [0.29, 0.717) is 45.4 Å². The van der Waals surface area contributed by atoms with Gasteiger partial charge in [-0.2, -0.15) is 4.31 Å². The molecule has 8 nitrogen and oxygen atoms in total. The van der Waals surface area contributed by atoms with E-state index >= 15 is 0 Å². The van der Waals surface area contributed by atoms with Crippen LogP contribution in [0.1, 0.15) is 30.9 Å². The highest BCUT2D eigenvalue weighted by atomic mass is 127. The fourth-order valence-electron chi connectivity index (χ4n) is 3.36. The number of aliphatic imine (C=N–C) groups is 1. The maximum atomic E-state index is 11.9. The molecule has 0 saturated carbocycles. The van der Waals surface area contributed by atoms with Crippen LogP contribution in [0.5, 0.6) is 5.75 Å². The van der Waals surface area contributed by atoms with Crippen molar-refractivity contribution in [3.05, 3.63) is 29.3 Å². The molecule has 10 heteroatoms. The van der Waals surface area contributed by atoms with Gasteiger partial charge in [-0.25, -0.2) is 8.42 Å². The number of hydrogen-bond acceptors (Lipinski definition) is 5. The molecule has 0 spiro atoms. The molecular formula is C20H35IN4O4S. The first-order valence-corrected chi connectivity index (χ1v) is 11.9. The molecule has 2 N–H and O–H groups in total. The van der Waals surface area contributed by atoms with Crippen LogP contribution < -0.4 is 15.4 Å². The molecule has 0 bridgehead atoms. The quantitative estimate of drug-likeness (QED) is 0.199. The smallest absolute Gasteiger partial charge is 0.211 e. The van der Waals surface area contributed by atoms with E-state index in [1.165, 1.54) is 6.26 Å². The highest BCUT2D eigenvalue weighted by molar-refractivity contribution is 14.0. The number of benzene rings is 1. The number of nitrogens with zero attached hydrogens (tertiary/aromatic N) is 2. The number of hydrogen-bond donors (Lipinski definition) is 2. The maximum absolute atomic E-state index is 11.9. The van der Waals surface area contributed by atoms with Gasteiger partial charge in [-0.3, -0.25) is 4.99 Å². The number of aryl methyl sites for hydroxylation is 1. The SMILES string of the molecule is CCOCCOc1cc(C)ccc1CNC(=NC)NC[C@H]1CCCN1S(C)(=O)=O.I. The molecule has 1 aromatic carbocycles. The van der Waals surface area contributed by atoms with Gasteiger partial charge in [0, 0.05) is 44.9 Å². The van der Waals surface area contributed by atoms with Crippen molar-refractivity contribution in [3.63, 3.8) is 0 Å². The van der Waals surface area contributed by atoms with E-state index in [4.69, 9.17) is 9.47 Å². The zero-order valence-electron chi connectivity index (χ0n) is 18.3. The van der Waals surface area contributed by atoms with Gasteiger partial charge >= 0.3 is 0 Å². The van der Waals surface area contributed by atoms with Crippen LogP contribution in [0.2, 0.25) is 0 Å². The number of nitrogens with one attached hydrogen (secondary N) is 2. The number of halogens is 1. The fourth-order valence-corrected chi connectivity index (χ4v) is 4.54. The average molecular weight is 554 g/mol. The third-order valence-corrected chi connectivity index (χ3v) is 6.17. The summed E-state index contributed by atoms with van der Waals surface area (Å²) in [5, 5.41) is 6.53. The van der Waals surface area contributed by atoms with E-state index in [1.54, 1.807) is 11.4 Å². The standard InChI is InChI=1S/C20H34N4O4S.HI/c1-5-27-11-12-28-19-13-16(2)8-9-17(19)14-22-20(21-3)23-15-18-7-6-10-24(18)29(4,25)26;/h8-9,13,18H,5-7,10-12,14-15H2,1-4H3,(H2,21,22,23);1H/t18-;/m1./s1. The molecule has 1 aliphatic heterocycles. The van der Waals surface area contributed by atoms with Crippen LogP contribution in [0, 0.1) is 6.92 Å². The van der Waals surface area contributed by atoms with Gasteiger partial charge in [0.2, 0.25) is 10.0 Å². The molecule has 0 unspecified atom stereocenters. The first-order chi connectivity index (χ1) is 13.8. The van der Waals surface area contributed by atoms with Crippen molar-refractivity contribution in [1.29, 1.82) is 0 Å². The monoisotopic (exact) mass is 554 g/mol. The predicted molar refractivity (Wildman–Crippen MR) is 131 cm³/mol. The van der Waals surface area contributed by atoms with E-state index in [-0.39, 0.29) is 30.0 Å². The molecule has 2 rings (SSSR count). The Kier molecular flexibility index (Phi) is 12.0. The minimum Gasteiger partial charge on any atom is -0.491 e. The van der Waals surface area contributed by atoms with E-state index in [9.17, 15) is 8.42 Å². The molecule has 1 heterocycles. The van der Waals surface area contributed by atoms with Gasteiger partial charge in [-0.1, -0.05) is 12.1 Å². The van der Waals surface area contributed by atoms with Crippen LogP contribution in [0.15, 0.2) is 23.2 Å². The summed E-state index contributed by atoms with van der Waals surface area (Å²) in [6, 6.07) is 6.06. The summed E-state index contributed by atoms with van der Waals surface area (Å²) in [6.45, 7) is 7.37. The lowest BCUT2D eigenvalue weighted by molar-refractivity contribution is 0.110. The molecule has 1 aliphatic rings. The van der Waals surface area contributed by atoms with Gasteiger partial charge in [-0.05, 0) is 38.3 Å². The maximum Gasteiger partial charge on any atom is 0.211 e. The minimum atomic E-state index is -3.18.